The summed E-state index contributed by atoms with van der Waals surface area (Å²) < 4.78 is 16.7. The summed E-state index contributed by atoms with van der Waals surface area (Å²) in [5.41, 5.74) is 18.7. The van der Waals surface area contributed by atoms with E-state index in [9.17, 15) is 0 Å². The molecule has 0 N–H and O–H groups in total. The van der Waals surface area contributed by atoms with Gasteiger partial charge in [-0.3, -0.25) is 4.90 Å². The Kier molecular flexibility index (Phi) is 7.02. The van der Waals surface area contributed by atoms with E-state index >= 15 is 0 Å². The van der Waals surface area contributed by atoms with Crippen LogP contribution in [0.25, 0.3) is 93.6 Å². The van der Waals surface area contributed by atoms with Gasteiger partial charge in [-0.25, -0.2) is 4.98 Å². The lowest BCUT2D eigenvalue weighted by molar-refractivity contribution is 0.665. The van der Waals surface area contributed by atoms with Crippen molar-refractivity contribution in [2.75, 3.05) is 4.90 Å². The Morgan fingerprint density at radius 2 is 1.11 bits per heavy atom. The first-order valence-corrected chi connectivity index (χ1v) is 22.6. The van der Waals surface area contributed by atoms with E-state index in [4.69, 9.17) is 13.8 Å². The first kappa shape index (κ1) is 35.8. The van der Waals surface area contributed by atoms with Gasteiger partial charge in [-0.15, -0.1) is 0 Å². The second-order valence-corrected chi connectivity index (χ2v) is 17.8. The molecule has 0 unspecified atom stereocenters. The normalized spacial score (nSPS) is 13.3. The predicted molar refractivity (Wildman–Crippen MR) is 269 cm³/mol. The van der Waals surface area contributed by atoms with Gasteiger partial charge in [0.2, 0.25) is 0 Å². The highest BCUT2D eigenvalue weighted by Crippen LogP contribution is 2.66. The third-order valence-corrected chi connectivity index (χ3v) is 14.5. The summed E-state index contributed by atoms with van der Waals surface area (Å²) in [7, 11) is 0. The number of aromatic nitrogens is 2. The van der Waals surface area contributed by atoms with Gasteiger partial charge >= 0.3 is 0 Å². The lowest BCUT2D eigenvalue weighted by atomic mass is 9.70. The van der Waals surface area contributed by atoms with E-state index in [1.54, 1.807) is 0 Å². The molecule has 5 heteroatoms. The molecule has 5 nitrogen and oxygen atoms in total. The number of pyridine rings is 1. The smallest absolute Gasteiger partial charge is 0.145 e. The van der Waals surface area contributed by atoms with Gasteiger partial charge in [0.25, 0.3) is 0 Å². The molecule has 308 valence electrons. The van der Waals surface area contributed by atoms with Crippen LogP contribution in [0, 0.1) is 6.92 Å². The van der Waals surface area contributed by atoms with Gasteiger partial charge in [0.15, 0.2) is 0 Å². The van der Waals surface area contributed by atoms with Crippen LogP contribution in [0.4, 0.5) is 17.2 Å². The molecule has 0 saturated heterocycles. The molecule has 0 saturated carbocycles. The fourth-order valence-electron chi connectivity index (χ4n) is 11.9. The molecule has 0 bridgehead atoms. The second-order valence-electron chi connectivity index (χ2n) is 17.8. The Balaban J connectivity index is 1.12. The Morgan fingerprint density at radius 1 is 0.470 bits per heavy atom. The number of para-hydroxylation sites is 4. The summed E-state index contributed by atoms with van der Waals surface area (Å²) in [4.78, 5) is 7.59. The van der Waals surface area contributed by atoms with Gasteiger partial charge in [-0.2, -0.15) is 0 Å². The van der Waals surface area contributed by atoms with Crippen LogP contribution in [0.2, 0.25) is 0 Å². The summed E-state index contributed by atoms with van der Waals surface area (Å²) in [6.07, 6.45) is 1.97. The summed E-state index contributed by atoms with van der Waals surface area (Å²) in [6, 6.07) is 72.4. The fraction of sp³-hybridized carbons (Fsp3) is 0.0328. The molecule has 1 spiro atoms. The molecular formula is C61H37N3O2. The van der Waals surface area contributed by atoms with Crippen LogP contribution in [-0.2, 0) is 5.41 Å². The summed E-state index contributed by atoms with van der Waals surface area (Å²) in [6.45, 7) is 2.09. The molecule has 15 rings (SSSR count). The Bertz CT molecular complexity index is 4150. The Hall–Kier alpha value is -8.67. The molecule has 2 aliphatic rings. The lowest BCUT2D eigenvalue weighted by Gasteiger charge is -2.32. The van der Waals surface area contributed by atoms with Crippen molar-refractivity contribution in [2.24, 2.45) is 0 Å². The van der Waals surface area contributed by atoms with Crippen LogP contribution < -0.4 is 4.90 Å². The average molecular weight is 844 g/mol. The van der Waals surface area contributed by atoms with E-state index in [0.29, 0.717) is 0 Å². The van der Waals surface area contributed by atoms with Gasteiger partial charge in [0, 0.05) is 55.6 Å². The second kappa shape index (κ2) is 13.0. The molecule has 0 radical (unpaired) electrons. The number of aryl methyl sites for hydroxylation is 1. The van der Waals surface area contributed by atoms with Crippen molar-refractivity contribution in [2.45, 2.75) is 12.3 Å². The van der Waals surface area contributed by atoms with Crippen LogP contribution in [0.3, 0.4) is 0 Å². The SMILES string of the molecule is Cc1ccc(N(c2ccc3c(c2)c2ccccc2n3-c2ccccc2)c2cc3c(c4oc5ccccc5c24)-c2c(ccc4c2oc2ccccc24)C32c3ccccc3-c3ccccc32)nc1. The Labute approximate surface area is 379 Å². The molecule has 0 fully saturated rings. The molecule has 0 amide bonds. The topological polar surface area (TPSA) is 47.3 Å². The van der Waals surface area contributed by atoms with Crippen molar-refractivity contribution >= 4 is 82.9 Å². The maximum Gasteiger partial charge on any atom is 0.145 e. The zero-order chi connectivity index (χ0) is 43.3. The average Bonchev–Trinajstić information content (AvgIpc) is 4.17. The van der Waals surface area contributed by atoms with Crippen molar-refractivity contribution < 1.29 is 8.83 Å². The number of furan rings is 2. The number of hydrogen-bond acceptors (Lipinski definition) is 4. The predicted octanol–water partition coefficient (Wildman–Crippen LogP) is 16.1. The summed E-state index contributed by atoms with van der Waals surface area (Å²) >= 11 is 0. The van der Waals surface area contributed by atoms with Crippen molar-refractivity contribution in [3.63, 3.8) is 0 Å². The lowest BCUT2D eigenvalue weighted by Crippen LogP contribution is -2.26. The zero-order valence-corrected chi connectivity index (χ0v) is 35.8. The molecule has 66 heavy (non-hydrogen) atoms. The molecule has 4 heterocycles. The third-order valence-electron chi connectivity index (χ3n) is 14.5. The maximum atomic E-state index is 7.32. The number of fused-ring (bicyclic) bond motifs is 21. The molecule has 13 aromatic rings. The Morgan fingerprint density at radius 3 is 1.88 bits per heavy atom. The van der Waals surface area contributed by atoms with Crippen LogP contribution in [0.15, 0.2) is 215 Å². The quantitative estimate of drug-likeness (QED) is 0.177. The molecule has 9 aromatic carbocycles. The monoisotopic (exact) mass is 843 g/mol. The van der Waals surface area contributed by atoms with Crippen molar-refractivity contribution in [1.29, 1.82) is 0 Å². The van der Waals surface area contributed by atoms with Gasteiger partial charge in [-0.05, 0) is 107 Å². The molecule has 0 aliphatic heterocycles. The summed E-state index contributed by atoms with van der Waals surface area (Å²) in [5, 5.41) is 6.60. The highest BCUT2D eigenvalue weighted by atomic mass is 16.3. The van der Waals surface area contributed by atoms with E-state index < -0.39 is 5.41 Å². The van der Waals surface area contributed by atoms with E-state index in [-0.39, 0.29) is 0 Å². The van der Waals surface area contributed by atoms with Gasteiger partial charge in [0.1, 0.15) is 28.1 Å². The first-order chi connectivity index (χ1) is 32.7. The fourth-order valence-corrected chi connectivity index (χ4v) is 11.9. The third kappa shape index (κ3) is 4.51. The largest absolute Gasteiger partial charge is 0.455 e. The van der Waals surface area contributed by atoms with Crippen molar-refractivity contribution in [1.82, 2.24) is 9.55 Å². The van der Waals surface area contributed by atoms with Crippen molar-refractivity contribution in [3.8, 4) is 27.9 Å². The minimum Gasteiger partial charge on any atom is -0.455 e. The minimum atomic E-state index is -0.688. The van der Waals surface area contributed by atoms with Gasteiger partial charge < -0.3 is 13.4 Å². The van der Waals surface area contributed by atoms with Gasteiger partial charge in [-0.1, -0.05) is 140 Å². The minimum absolute atomic E-state index is 0.688. The van der Waals surface area contributed by atoms with Crippen LogP contribution in [0.1, 0.15) is 27.8 Å². The van der Waals surface area contributed by atoms with E-state index in [1.807, 2.05) is 6.20 Å². The number of nitrogens with zero attached hydrogens (tertiary/aromatic N) is 3. The first-order valence-electron chi connectivity index (χ1n) is 22.6. The van der Waals surface area contributed by atoms with E-state index in [1.165, 1.54) is 33.2 Å². The number of hydrogen-bond donors (Lipinski definition) is 0. The highest BCUT2D eigenvalue weighted by Gasteiger charge is 2.54. The number of benzene rings is 9. The van der Waals surface area contributed by atoms with Crippen LogP contribution in [-0.4, -0.2) is 9.55 Å². The number of rotatable bonds is 4. The van der Waals surface area contributed by atoms with Crippen LogP contribution >= 0.6 is 0 Å². The molecule has 2 aliphatic carbocycles. The summed E-state index contributed by atoms with van der Waals surface area (Å²) in [5.74, 6) is 0.815. The van der Waals surface area contributed by atoms with Gasteiger partial charge in [0.05, 0.1) is 27.5 Å². The number of anilines is 3. The van der Waals surface area contributed by atoms with E-state index in [2.05, 4.69) is 217 Å². The standard InChI is InChI=1S/C61H37N3O2/c1-36-27-32-55(62-35-36)64(38-28-31-51-45(33-38)41-19-7-12-24-50(41)63(51)37-15-3-2-4-16-37)52-34-49-58(60-56(52)44-21-9-14-26-54(44)66-60)57-48(30-29-43-42-20-8-13-25-53(42)65-59(43)57)61(49)46-22-10-5-17-39(46)40-18-6-11-23-47(40)61/h2-35H,1H3. The highest BCUT2D eigenvalue weighted by molar-refractivity contribution is 6.23. The molecule has 4 aromatic heterocycles. The van der Waals surface area contributed by atoms with Crippen LogP contribution in [0.5, 0.6) is 0 Å². The zero-order valence-electron chi connectivity index (χ0n) is 35.8. The molecular weight excluding hydrogens is 807 g/mol. The van der Waals surface area contributed by atoms with Crippen molar-refractivity contribution in [3.05, 3.63) is 234 Å². The maximum absolute atomic E-state index is 7.32. The molecule has 0 atom stereocenters. The van der Waals surface area contributed by atoms with E-state index in [0.717, 1.165) is 105 Å².